The Morgan fingerprint density at radius 2 is 1.95 bits per heavy atom. The number of hydrogen-bond acceptors (Lipinski definition) is 3. The highest BCUT2D eigenvalue weighted by Crippen LogP contribution is 2.24. The highest BCUT2D eigenvalue weighted by molar-refractivity contribution is 5.97. The number of hydrogen-bond donors (Lipinski definition) is 2. The van der Waals surface area contributed by atoms with Crippen molar-refractivity contribution in [2.75, 3.05) is 13.7 Å². The minimum absolute atomic E-state index is 0.0173. The van der Waals surface area contributed by atoms with Crippen molar-refractivity contribution in [3.63, 3.8) is 0 Å². The molecule has 0 amide bonds. The van der Waals surface area contributed by atoms with Crippen LogP contribution in [-0.2, 0) is 0 Å². The highest BCUT2D eigenvalue weighted by Gasteiger charge is 2.08. The van der Waals surface area contributed by atoms with Gasteiger partial charge in [-0.1, -0.05) is 32.6 Å². The van der Waals surface area contributed by atoms with Crippen molar-refractivity contribution in [2.24, 2.45) is 5.73 Å². The van der Waals surface area contributed by atoms with Crippen LogP contribution in [0.1, 0.15) is 44.6 Å². The van der Waals surface area contributed by atoms with Gasteiger partial charge in [-0.3, -0.25) is 5.41 Å². The smallest absolute Gasteiger partial charge is 0.133 e. The Morgan fingerprint density at radius 3 is 2.58 bits per heavy atom. The number of nitrogens with one attached hydrogen (secondary N) is 1. The van der Waals surface area contributed by atoms with Gasteiger partial charge < -0.3 is 15.2 Å². The Hall–Kier alpha value is -1.71. The van der Waals surface area contributed by atoms with Crippen molar-refractivity contribution < 1.29 is 9.47 Å². The van der Waals surface area contributed by atoms with Gasteiger partial charge in [0.2, 0.25) is 0 Å². The molecule has 0 heterocycles. The van der Waals surface area contributed by atoms with E-state index in [0.717, 1.165) is 6.42 Å². The van der Waals surface area contributed by atoms with E-state index in [2.05, 4.69) is 6.92 Å². The Balaban J connectivity index is 2.52. The van der Waals surface area contributed by atoms with Crippen molar-refractivity contribution in [1.29, 1.82) is 5.41 Å². The van der Waals surface area contributed by atoms with Gasteiger partial charge in [0.05, 0.1) is 19.3 Å². The molecule has 0 bridgehead atoms. The molecule has 0 fully saturated rings. The molecule has 19 heavy (non-hydrogen) atoms. The fourth-order valence-corrected chi connectivity index (χ4v) is 1.86. The summed E-state index contributed by atoms with van der Waals surface area (Å²) < 4.78 is 10.9. The minimum Gasteiger partial charge on any atom is -0.497 e. The van der Waals surface area contributed by atoms with Gasteiger partial charge in [-0.15, -0.1) is 0 Å². The molecule has 0 spiro atoms. The maximum atomic E-state index is 7.53. The first-order valence-electron chi connectivity index (χ1n) is 6.84. The average Bonchev–Trinajstić information content (AvgIpc) is 2.42. The van der Waals surface area contributed by atoms with E-state index in [-0.39, 0.29) is 5.84 Å². The number of nitrogen functional groups attached to an aromatic ring is 1. The minimum atomic E-state index is 0.0173. The lowest BCUT2D eigenvalue weighted by Gasteiger charge is -2.12. The van der Waals surface area contributed by atoms with Crippen molar-refractivity contribution in [3.8, 4) is 11.5 Å². The van der Waals surface area contributed by atoms with E-state index in [1.54, 1.807) is 25.3 Å². The molecule has 0 radical (unpaired) electrons. The number of amidine groups is 1. The van der Waals surface area contributed by atoms with E-state index in [9.17, 15) is 0 Å². The third-order valence-electron chi connectivity index (χ3n) is 2.98. The molecule has 0 aliphatic rings. The average molecular weight is 264 g/mol. The van der Waals surface area contributed by atoms with Gasteiger partial charge in [0.1, 0.15) is 17.3 Å². The maximum absolute atomic E-state index is 7.53. The Labute approximate surface area is 115 Å². The van der Waals surface area contributed by atoms with Gasteiger partial charge in [-0.05, 0) is 18.6 Å². The maximum Gasteiger partial charge on any atom is 0.133 e. The van der Waals surface area contributed by atoms with E-state index >= 15 is 0 Å². The summed E-state index contributed by atoms with van der Waals surface area (Å²) in [5.74, 6) is 1.36. The van der Waals surface area contributed by atoms with E-state index in [4.69, 9.17) is 20.6 Å². The topological polar surface area (TPSA) is 68.3 Å². The van der Waals surface area contributed by atoms with Crippen molar-refractivity contribution in [1.82, 2.24) is 0 Å². The van der Waals surface area contributed by atoms with Crippen LogP contribution in [0.25, 0.3) is 0 Å². The molecule has 0 aromatic heterocycles. The predicted molar refractivity (Wildman–Crippen MR) is 78.3 cm³/mol. The summed E-state index contributed by atoms with van der Waals surface area (Å²) in [6.45, 7) is 2.85. The fraction of sp³-hybridized carbons (Fsp3) is 0.533. The predicted octanol–water partition coefficient (Wildman–Crippen LogP) is 3.33. The molecule has 0 saturated heterocycles. The van der Waals surface area contributed by atoms with Gasteiger partial charge in [-0.2, -0.15) is 0 Å². The summed E-state index contributed by atoms with van der Waals surface area (Å²) in [5, 5.41) is 7.53. The number of benzene rings is 1. The third-order valence-corrected chi connectivity index (χ3v) is 2.98. The zero-order chi connectivity index (χ0) is 14.1. The Kier molecular flexibility index (Phi) is 6.79. The Bertz CT molecular complexity index is 405. The van der Waals surface area contributed by atoms with Crippen LogP contribution < -0.4 is 15.2 Å². The molecule has 4 heteroatoms. The number of ether oxygens (including phenoxy) is 2. The normalized spacial score (nSPS) is 10.2. The molecule has 0 aliphatic heterocycles. The van der Waals surface area contributed by atoms with Gasteiger partial charge in [-0.25, -0.2) is 0 Å². The van der Waals surface area contributed by atoms with Crippen LogP contribution in [0.15, 0.2) is 18.2 Å². The van der Waals surface area contributed by atoms with Crippen LogP contribution in [0.4, 0.5) is 0 Å². The summed E-state index contributed by atoms with van der Waals surface area (Å²) in [6.07, 6.45) is 5.96. The summed E-state index contributed by atoms with van der Waals surface area (Å²) in [6, 6.07) is 5.32. The second-order valence-electron chi connectivity index (χ2n) is 4.54. The number of rotatable bonds is 9. The lowest BCUT2D eigenvalue weighted by atomic mass is 10.1. The summed E-state index contributed by atoms with van der Waals surface area (Å²) in [7, 11) is 1.61. The molecule has 3 N–H and O–H groups in total. The standard InChI is InChI=1S/C15H24N2O2/c1-3-4-5-6-7-10-19-14-11-12(18-2)8-9-13(14)15(16)17/h8-9,11H,3-7,10H2,1-2H3,(H3,16,17). The molecule has 1 aromatic rings. The molecule has 4 nitrogen and oxygen atoms in total. The van der Waals surface area contributed by atoms with Crippen LogP contribution in [0.2, 0.25) is 0 Å². The first-order valence-corrected chi connectivity index (χ1v) is 6.84. The second kappa shape index (κ2) is 8.40. The molecule has 1 rings (SSSR count). The SMILES string of the molecule is CCCCCCCOc1cc(OC)ccc1C(=N)N. The highest BCUT2D eigenvalue weighted by atomic mass is 16.5. The van der Waals surface area contributed by atoms with Crippen molar-refractivity contribution in [2.45, 2.75) is 39.0 Å². The van der Waals surface area contributed by atoms with Gasteiger partial charge in [0.15, 0.2) is 0 Å². The first kappa shape index (κ1) is 15.3. The Morgan fingerprint density at radius 1 is 1.21 bits per heavy atom. The van der Waals surface area contributed by atoms with Crippen LogP contribution in [-0.4, -0.2) is 19.6 Å². The summed E-state index contributed by atoms with van der Waals surface area (Å²) in [4.78, 5) is 0. The van der Waals surface area contributed by atoms with E-state index in [0.29, 0.717) is 23.7 Å². The van der Waals surface area contributed by atoms with Crippen molar-refractivity contribution in [3.05, 3.63) is 23.8 Å². The fourth-order valence-electron chi connectivity index (χ4n) is 1.86. The van der Waals surface area contributed by atoms with Crippen LogP contribution >= 0.6 is 0 Å². The molecule has 106 valence electrons. The van der Waals surface area contributed by atoms with E-state index < -0.39 is 0 Å². The lowest BCUT2D eigenvalue weighted by Crippen LogP contribution is -2.13. The van der Waals surface area contributed by atoms with Crippen molar-refractivity contribution >= 4 is 5.84 Å². The zero-order valence-corrected chi connectivity index (χ0v) is 11.9. The van der Waals surface area contributed by atoms with E-state index in [1.165, 1.54) is 25.7 Å². The molecular formula is C15H24N2O2. The molecular weight excluding hydrogens is 240 g/mol. The van der Waals surface area contributed by atoms with E-state index in [1.807, 2.05) is 0 Å². The third kappa shape index (κ3) is 5.20. The monoisotopic (exact) mass is 264 g/mol. The van der Waals surface area contributed by atoms with Gasteiger partial charge >= 0.3 is 0 Å². The quantitative estimate of drug-likeness (QED) is 0.408. The molecule has 0 atom stereocenters. The molecule has 1 aromatic carbocycles. The summed E-state index contributed by atoms with van der Waals surface area (Å²) in [5.41, 5.74) is 6.16. The van der Waals surface area contributed by atoms with Crippen LogP contribution in [0, 0.1) is 5.41 Å². The first-order chi connectivity index (χ1) is 9.19. The number of nitrogens with two attached hydrogens (primary N) is 1. The van der Waals surface area contributed by atoms with Crippen LogP contribution in [0.3, 0.4) is 0 Å². The lowest BCUT2D eigenvalue weighted by molar-refractivity contribution is 0.301. The summed E-state index contributed by atoms with van der Waals surface area (Å²) >= 11 is 0. The van der Waals surface area contributed by atoms with Crippen LogP contribution in [0.5, 0.6) is 11.5 Å². The molecule has 0 aliphatic carbocycles. The zero-order valence-electron chi connectivity index (χ0n) is 11.9. The number of methoxy groups -OCH3 is 1. The molecule has 0 saturated carbocycles. The largest absolute Gasteiger partial charge is 0.497 e. The van der Waals surface area contributed by atoms with Gasteiger partial charge in [0.25, 0.3) is 0 Å². The van der Waals surface area contributed by atoms with Gasteiger partial charge in [0, 0.05) is 6.07 Å². The molecule has 0 unspecified atom stereocenters. The number of unbranched alkanes of at least 4 members (excludes halogenated alkanes) is 4. The second-order valence-corrected chi connectivity index (χ2v) is 4.54.